The van der Waals surface area contributed by atoms with Gasteiger partial charge in [-0.05, 0) is 24.1 Å². The molecule has 0 saturated heterocycles. The Kier molecular flexibility index (Phi) is 4.30. The molecule has 0 saturated carbocycles. The van der Waals surface area contributed by atoms with E-state index in [1.165, 1.54) is 6.07 Å². The summed E-state index contributed by atoms with van der Waals surface area (Å²) in [4.78, 5) is 13.9. The van der Waals surface area contributed by atoms with Gasteiger partial charge in [-0.1, -0.05) is 29.8 Å². The maximum absolute atomic E-state index is 10.5. The number of nitrogens with zero attached hydrogens (tertiary/aromatic N) is 2. The monoisotopic (exact) mass is 277 g/mol. The van der Waals surface area contributed by atoms with Gasteiger partial charge in [-0.3, -0.25) is 10.1 Å². The van der Waals surface area contributed by atoms with Gasteiger partial charge in [-0.2, -0.15) is 0 Å². The molecule has 0 atom stereocenters. The van der Waals surface area contributed by atoms with Crippen molar-refractivity contribution in [3.63, 3.8) is 0 Å². The third kappa shape index (κ3) is 3.42. The molecular weight excluding hydrogens is 266 g/mol. The minimum absolute atomic E-state index is 0.185. The van der Waals surface area contributed by atoms with E-state index in [-0.39, 0.29) is 10.6 Å². The van der Waals surface area contributed by atoms with E-state index in [1.807, 2.05) is 18.2 Å². The number of hydrogen-bond acceptors (Lipinski definition) is 4. The Hall–Kier alpha value is -2.14. The van der Waals surface area contributed by atoms with Crippen LogP contribution in [-0.4, -0.2) is 16.5 Å². The molecule has 1 aliphatic heterocycles. The van der Waals surface area contributed by atoms with Gasteiger partial charge in [0.25, 0.3) is 5.69 Å². The Morgan fingerprint density at radius 1 is 1.26 bits per heavy atom. The molecule has 6 heteroatoms. The van der Waals surface area contributed by atoms with Crippen LogP contribution in [0.15, 0.2) is 42.6 Å². The maximum atomic E-state index is 10.5. The first-order valence-electron chi connectivity index (χ1n) is 5.75. The van der Waals surface area contributed by atoms with Crippen LogP contribution >= 0.6 is 11.6 Å². The number of nitro groups is 1. The second-order valence-electron chi connectivity index (χ2n) is 3.90. The van der Waals surface area contributed by atoms with Crippen molar-refractivity contribution in [3.05, 3.63) is 63.4 Å². The minimum Gasteiger partial charge on any atom is -0.379 e. The summed E-state index contributed by atoms with van der Waals surface area (Å²) in [5, 5.41) is 14.1. The summed E-state index contributed by atoms with van der Waals surface area (Å²) >= 11 is 5.43. The lowest BCUT2D eigenvalue weighted by atomic mass is 10.1. The number of pyridine rings is 1. The lowest BCUT2D eigenvalue weighted by Gasteiger charge is -1.99. The zero-order chi connectivity index (χ0) is 13.7. The van der Waals surface area contributed by atoms with Gasteiger partial charge in [0.1, 0.15) is 10.8 Å². The van der Waals surface area contributed by atoms with Crippen LogP contribution in [0.4, 0.5) is 11.4 Å². The molecule has 0 fully saturated rings. The Morgan fingerprint density at radius 2 is 2.11 bits per heavy atom. The number of halogens is 1. The van der Waals surface area contributed by atoms with E-state index in [0.717, 1.165) is 18.5 Å². The SMILES string of the molecule is Clc1ccccn1.O=[N+]([O-])c1cccc2c1NCC2. The molecule has 0 bridgehead atoms. The van der Waals surface area contributed by atoms with Gasteiger partial charge in [0, 0.05) is 18.8 Å². The van der Waals surface area contributed by atoms with Crippen molar-refractivity contribution >= 4 is 23.0 Å². The number of aromatic nitrogens is 1. The molecule has 1 aromatic heterocycles. The Balaban J connectivity index is 0.000000163. The molecule has 1 aromatic carbocycles. The molecule has 0 spiro atoms. The summed E-state index contributed by atoms with van der Waals surface area (Å²) in [5.74, 6) is 0. The predicted molar refractivity (Wildman–Crippen MR) is 74.5 cm³/mol. The van der Waals surface area contributed by atoms with Gasteiger partial charge < -0.3 is 5.32 Å². The van der Waals surface area contributed by atoms with E-state index < -0.39 is 0 Å². The zero-order valence-electron chi connectivity index (χ0n) is 10.0. The van der Waals surface area contributed by atoms with Crippen molar-refractivity contribution in [2.24, 2.45) is 0 Å². The highest BCUT2D eigenvalue weighted by molar-refractivity contribution is 6.29. The number of anilines is 1. The van der Waals surface area contributed by atoms with Crippen LogP contribution in [0.25, 0.3) is 0 Å². The van der Waals surface area contributed by atoms with E-state index >= 15 is 0 Å². The molecule has 3 rings (SSSR count). The minimum atomic E-state index is -0.350. The van der Waals surface area contributed by atoms with Crippen LogP contribution in [0.2, 0.25) is 5.15 Å². The standard InChI is InChI=1S/C8H8N2O2.C5H4ClN/c11-10(12)7-3-1-2-6-4-5-9-8(6)7;6-5-3-1-2-4-7-5/h1-3,9H,4-5H2;1-4H. The first-order chi connectivity index (χ1) is 9.18. The van der Waals surface area contributed by atoms with Crippen molar-refractivity contribution < 1.29 is 4.92 Å². The zero-order valence-corrected chi connectivity index (χ0v) is 10.8. The number of nitro benzene ring substituents is 1. The van der Waals surface area contributed by atoms with Crippen molar-refractivity contribution in [1.82, 2.24) is 4.98 Å². The summed E-state index contributed by atoms with van der Waals surface area (Å²) in [7, 11) is 0. The molecule has 98 valence electrons. The average molecular weight is 278 g/mol. The van der Waals surface area contributed by atoms with E-state index in [4.69, 9.17) is 11.6 Å². The van der Waals surface area contributed by atoms with Crippen LogP contribution in [0.5, 0.6) is 0 Å². The molecule has 2 aromatic rings. The van der Waals surface area contributed by atoms with Gasteiger partial charge in [0.05, 0.1) is 4.92 Å². The average Bonchev–Trinajstić information content (AvgIpc) is 2.88. The summed E-state index contributed by atoms with van der Waals surface area (Å²) in [6.07, 6.45) is 2.54. The molecule has 2 heterocycles. The second kappa shape index (κ2) is 6.15. The molecule has 0 unspecified atom stereocenters. The number of hydrogen-bond donors (Lipinski definition) is 1. The number of fused-ring (bicyclic) bond motifs is 1. The highest BCUT2D eigenvalue weighted by atomic mass is 35.5. The van der Waals surface area contributed by atoms with Gasteiger partial charge in [0.15, 0.2) is 0 Å². The van der Waals surface area contributed by atoms with Crippen LogP contribution in [-0.2, 0) is 6.42 Å². The number of rotatable bonds is 1. The molecule has 19 heavy (non-hydrogen) atoms. The topological polar surface area (TPSA) is 68.1 Å². The molecule has 5 nitrogen and oxygen atoms in total. The van der Waals surface area contributed by atoms with Gasteiger partial charge in [-0.25, -0.2) is 4.98 Å². The van der Waals surface area contributed by atoms with Crippen molar-refractivity contribution in [3.8, 4) is 0 Å². The Bertz CT molecular complexity index is 575. The predicted octanol–water partition coefficient (Wildman–Crippen LogP) is 3.30. The Labute approximate surface area is 115 Å². The van der Waals surface area contributed by atoms with Gasteiger partial charge in [-0.15, -0.1) is 0 Å². The van der Waals surface area contributed by atoms with Crippen LogP contribution in [0.1, 0.15) is 5.56 Å². The van der Waals surface area contributed by atoms with Crippen LogP contribution in [0.3, 0.4) is 0 Å². The van der Waals surface area contributed by atoms with E-state index in [9.17, 15) is 10.1 Å². The first kappa shape index (κ1) is 13.3. The quantitative estimate of drug-likeness (QED) is 0.493. The maximum Gasteiger partial charge on any atom is 0.292 e. The normalized spacial score (nSPS) is 11.8. The lowest BCUT2D eigenvalue weighted by Crippen LogP contribution is -1.96. The second-order valence-corrected chi connectivity index (χ2v) is 4.28. The van der Waals surface area contributed by atoms with E-state index in [1.54, 1.807) is 18.3 Å². The van der Waals surface area contributed by atoms with E-state index in [2.05, 4.69) is 10.3 Å². The fourth-order valence-electron chi connectivity index (χ4n) is 1.82. The molecule has 0 radical (unpaired) electrons. The summed E-state index contributed by atoms with van der Waals surface area (Å²) in [6, 6.07) is 10.6. The largest absolute Gasteiger partial charge is 0.379 e. The van der Waals surface area contributed by atoms with Crippen molar-refractivity contribution in [2.75, 3.05) is 11.9 Å². The molecule has 0 aliphatic carbocycles. The number of para-hydroxylation sites is 1. The fourth-order valence-corrected chi connectivity index (χ4v) is 1.94. The van der Waals surface area contributed by atoms with Crippen molar-refractivity contribution in [2.45, 2.75) is 6.42 Å². The third-order valence-corrected chi connectivity index (χ3v) is 2.87. The summed E-state index contributed by atoms with van der Waals surface area (Å²) in [6.45, 7) is 0.806. The molecular formula is C13H12ClN3O2. The molecule has 1 N–H and O–H groups in total. The molecule has 0 amide bonds. The smallest absolute Gasteiger partial charge is 0.292 e. The van der Waals surface area contributed by atoms with Crippen LogP contribution < -0.4 is 5.32 Å². The first-order valence-corrected chi connectivity index (χ1v) is 6.13. The fraction of sp³-hybridized carbons (Fsp3) is 0.154. The summed E-state index contributed by atoms with van der Waals surface area (Å²) in [5.41, 5.74) is 1.93. The van der Waals surface area contributed by atoms with Crippen LogP contribution in [0, 0.1) is 10.1 Å². The van der Waals surface area contributed by atoms with Gasteiger partial charge in [0.2, 0.25) is 0 Å². The molecule has 1 aliphatic rings. The highest BCUT2D eigenvalue weighted by Gasteiger charge is 2.20. The number of nitrogens with one attached hydrogen (secondary N) is 1. The number of benzene rings is 1. The highest BCUT2D eigenvalue weighted by Crippen LogP contribution is 2.31. The van der Waals surface area contributed by atoms with Gasteiger partial charge >= 0.3 is 0 Å². The lowest BCUT2D eigenvalue weighted by molar-refractivity contribution is -0.383. The summed E-state index contributed by atoms with van der Waals surface area (Å²) < 4.78 is 0. The Morgan fingerprint density at radius 3 is 2.68 bits per heavy atom. The third-order valence-electron chi connectivity index (χ3n) is 2.65. The van der Waals surface area contributed by atoms with E-state index in [0.29, 0.717) is 10.8 Å². The van der Waals surface area contributed by atoms with Crippen molar-refractivity contribution in [1.29, 1.82) is 0 Å².